The highest BCUT2D eigenvalue weighted by molar-refractivity contribution is 7.89. The number of sulfonamides is 1. The number of nitrogens with one attached hydrogen (secondary N) is 5. The molecule has 13 nitrogen and oxygen atoms in total. The van der Waals surface area contributed by atoms with E-state index in [0.29, 0.717) is 24.0 Å². The van der Waals surface area contributed by atoms with E-state index in [2.05, 4.69) is 41.3 Å². The fraction of sp³-hybridized carbons (Fsp3) is 0.417. The molecular weight excluding hydrogens is 690 g/mol. The molecule has 2 fully saturated rings. The summed E-state index contributed by atoms with van der Waals surface area (Å²) in [5, 5.41) is 23.1. The van der Waals surface area contributed by atoms with Crippen LogP contribution in [0.1, 0.15) is 49.7 Å². The fourth-order valence-electron chi connectivity index (χ4n) is 6.79. The maximum Gasteiger partial charge on any atom is 0.247 e. The van der Waals surface area contributed by atoms with Crippen LogP contribution in [0, 0.1) is 18.8 Å². The van der Waals surface area contributed by atoms with Crippen molar-refractivity contribution in [3.63, 3.8) is 0 Å². The van der Waals surface area contributed by atoms with Crippen molar-refractivity contribution < 1.29 is 18.0 Å². The molecule has 51 heavy (non-hydrogen) atoms. The first kappa shape index (κ1) is 38.0. The first-order chi connectivity index (χ1) is 24.2. The number of tetrazole rings is 1. The van der Waals surface area contributed by atoms with Gasteiger partial charge in [0.2, 0.25) is 21.8 Å². The van der Waals surface area contributed by atoms with Gasteiger partial charge in [-0.1, -0.05) is 30.3 Å². The van der Waals surface area contributed by atoms with Gasteiger partial charge in [0, 0.05) is 29.6 Å². The average molecular weight is 736 g/mol. The van der Waals surface area contributed by atoms with Crippen LogP contribution in [0.15, 0.2) is 71.6 Å². The Kier molecular flexibility index (Phi) is 12.9. The van der Waals surface area contributed by atoms with Crippen LogP contribution in [0.25, 0.3) is 22.5 Å². The standard InChI is InChI=1S/C36H45N9O4S.ClH/c1-23-20-31(50(48,49)43-30-16-18-38-19-17-30)14-15-32(23)26-6-2-24(3-7-26)21-33(40-35(46)28-8-4-25(22-37)5-9-28)36(47)39-29-12-10-27(11-13-29)34-41-44-45-42-34;/h2-3,6-7,10-15,20,25,28,30,33,38,43H,4-5,8-9,16-19,21-22,37H2,1H3,(H,39,47)(H,40,46)(H,41,42,44,45);1H/t25?,28?,33-;/m0./s1. The first-order valence-electron chi connectivity index (χ1n) is 17.3. The normalized spacial score (nSPS) is 18.7. The second-order valence-electron chi connectivity index (χ2n) is 13.4. The molecule has 1 atom stereocenters. The van der Waals surface area contributed by atoms with E-state index in [9.17, 15) is 18.0 Å². The smallest absolute Gasteiger partial charge is 0.247 e. The van der Waals surface area contributed by atoms with Crippen molar-refractivity contribution in [1.29, 1.82) is 0 Å². The van der Waals surface area contributed by atoms with Gasteiger partial charge in [-0.25, -0.2) is 18.2 Å². The number of rotatable bonds is 12. The van der Waals surface area contributed by atoms with E-state index in [1.165, 1.54) is 0 Å². The molecule has 0 unspecified atom stereocenters. The molecule has 2 aliphatic rings. The number of hydrogen-bond donors (Lipinski definition) is 6. The van der Waals surface area contributed by atoms with Crippen LogP contribution >= 0.6 is 12.4 Å². The second-order valence-corrected chi connectivity index (χ2v) is 15.1. The fourth-order valence-corrected chi connectivity index (χ4v) is 8.18. The van der Waals surface area contributed by atoms with Crippen molar-refractivity contribution in [2.75, 3.05) is 25.0 Å². The highest BCUT2D eigenvalue weighted by atomic mass is 35.5. The molecule has 1 aliphatic carbocycles. The molecular formula is C36H46ClN9O4S. The molecule has 2 amide bonds. The van der Waals surface area contributed by atoms with Gasteiger partial charge in [0.25, 0.3) is 0 Å². The van der Waals surface area contributed by atoms with Crippen molar-refractivity contribution in [1.82, 2.24) is 36.0 Å². The van der Waals surface area contributed by atoms with E-state index < -0.39 is 16.1 Å². The molecule has 0 radical (unpaired) electrons. The summed E-state index contributed by atoms with van der Waals surface area (Å²) < 4.78 is 29.0. The maximum atomic E-state index is 13.7. The summed E-state index contributed by atoms with van der Waals surface area (Å²) in [6.45, 7) is 4.12. The van der Waals surface area contributed by atoms with E-state index in [4.69, 9.17) is 5.73 Å². The van der Waals surface area contributed by atoms with Gasteiger partial charge in [-0.15, -0.1) is 17.5 Å². The zero-order chi connectivity index (χ0) is 35.1. The number of hydrogen-bond acceptors (Lipinski definition) is 9. The molecule has 2 heterocycles. The molecule has 272 valence electrons. The van der Waals surface area contributed by atoms with Crippen molar-refractivity contribution in [2.24, 2.45) is 17.6 Å². The largest absolute Gasteiger partial charge is 0.344 e. The molecule has 1 aromatic heterocycles. The van der Waals surface area contributed by atoms with E-state index in [1.54, 1.807) is 36.4 Å². The minimum Gasteiger partial charge on any atom is -0.344 e. The van der Waals surface area contributed by atoms with Gasteiger partial charge < -0.3 is 21.7 Å². The van der Waals surface area contributed by atoms with Gasteiger partial charge >= 0.3 is 0 Å². The van der Waals surface area contributed by atoms with Crippen LogP contribution in [-0.4, -0.2) is 72.6 Å². The summed E-state index contributed by atoms with van der Waals surface area (Å²) in [5.74, 6) is 0.354. The van der Waals surface area contributed by atoms with Gasteiger partial charge in [0.15, 0.2) is 5.82 Å². The summed E-state index contributed by atoms with van der Waals surface area (Å²) in [5.41, 5.74) is 10.8. The number of anilines is 1. The Bertz CT molecular complexity index is 1860. The Hall–Kier alpha value is -4.21. The summed E-state index contributed by atoms with van der Waals surface area (Å²) in [6.07, 6.45) is 5.13. The van der Waals surface area contributed by atoms with Gasteiger partial charge in [0.1, 0.15) is 6.04 Å². The number of amides is 2. The van der Waals surface area contributed by atoms with Gasteiger partial charge in [0.05, 0.1) is 4.90 Å². The molecule has 4 aromatic rings. The van der Waals surface area contributed by atoms with Gasteiger partial charge in [-0.2, -0.15) is 0 Å². The molecule has 1 aliphatic heterocycles. The SMILES string of the molecule is Cc1cc(S(=O)(=O)NC2CCNCC2)ccc1-c1ccc(C[C@H](NC(=O)C2CCC(CN)CC2)C(=O)Nc2ccc(-c3nnn[nH]3)cc2)cc1.Cl. The predicted octanol–water partition coefficient (Wildman–Crippen LogP) is 3.73. The number of nitrogens with zero attached hydrogens (tertiary/aromatic N) is 3. The Morgan fingerprint density at radius 1 is 0.922 bits per heavy atom. The number of H-pyrrole nitrogens is 1. The van der Waals surface area contributed by atoms with E-state index >= 15 is 0 Å². The highest BCUT2D eigenvalue weighted by Gasteiger charge is 2.29. The number of carbonyl (C=O) groups is 2. The molecule has 15 heteroatoms. The van der Waals surface area contributed by atoms with Crippen molar-refractivity contribution in [2.45, 2.75) is 68.8 Å². The lowest BCUT2D eigenvalue weighted by atomic mass is 9.81. The van der Waals surface area contributed by atoms with Crippen LogP contribution in [0.2, 0.25) is 0 Å². The van der Waals surface area contributed by atoms with Crippen LogP contribution in [0.3, 0.4) is 0 Å². The minimum atomic E-state index is -3.63. The number of piperidine rings is 1. The number of aryl methyl sites for hydroxylation is 1. The lowest BCUT2D eigenvalue weighted by Gasteiger charge is -2.28. The van der Waals surface area contributed by atoms with E-state index in [-0.39, 0.29) is 47.5 Å². The summed E-state index contributed by atoms with van der Waals surface area (Å²) >= 11 is 0. The average Bonchev–Trinajstić information content (AvgIpc) is 3.68. The lowest BCUT2D eigenvalue weighted by molar-refractivity contribution is -0.130. The molecule has 1 saturated heterocycles. The van der Waals surface area contributed by atoms with Crippen molar-refractivity contribution in [3.05, 3.63) is 77.9 Å². The zero-order valence-corrected chi connectivity index (χ0v) is 30.2. The molecule has 0 spiro atoms. The van der Waals surface area contributed by atoms with Crippen molar-refractivity contribution >= 4 is 39.9 Å². The number of benzene rings is 3. The zero-order valence-electron chi connectivity index (χ0n) is 28.6. The Balaban J connectivity index is 0.00000504. The summed E-state index contributed by atoms with van der Waals surface area (Å²) in [6, 6.07) is 19.2. The van der Waals surface area contributed by atoms with Crippen LogP contribution in [0.4, 0.5) is 5.69 Å². The summed E-state index contributed by atoms with van der Waals surface area (Å²) in [4.78, 5) is 27.3. The van der Waals surface area contributed by atoms with Crippen LogP contribution in [0.5, 0.6) is 0 Å². The van der Waals surface area contributed by atoms with Crippen LogP contribution in [-0.2, 0) is 26.0 Å². The molecule has 0 bridgehead atoms. The number of nitrogens with two attached hydrogens (primary N) is 1. The Morgan fingerprint density at radius 3 is 2.24 bits per heavy atom. The van der Waals surface area contributed by atoms with Crippen molar-refractivity contribution in [3.8, 4) is 22.5 Å². The van der Waals surface area contributed by atoms with Crippen LogP contribution < -0.4 is 26.4 Å². The summed E-state index contributed by atoms with van der Waals surface area (Å²) in [7, 11) is -3.63. The topological polar surface area (TPSA) is 197 Å². The third-order valence-corrected chi connectivity index (χ3v) is 11.3. The lowest BCUT2D eigenvalue weighted by Crippen LogP contribution is -2.48. The van der Waals surface area contributed by atoms with E-state index in [0.717, 1.165) is 79.4 Å². The van der Waals surface area contributed by atoms with Gasteiger partial charge in [-0.3, -0.25) is 9.59 Å². The third kappa shape index (κ3) is 9.77. The quantitative estimate of drug-likeness (QED) is 0.126. The monoisotopic (exact) mass is 735 g/mol. The highest BCUT2D eigenvalue weighted by Crippen LogP contribution is 2.29. The molecule has 3 aromatic carbocycles. The number of aromatic amines is 1. The number of carbonyl (C=O) groups excluding carboxylic acids is 2. The van der Waals surface area contributed by atoms with E-state index in [1.807, 2.05) is 37.3 Å². The number of halogens is 1. The number of aromatic nitrogens is 4. The minimum absolute atomic E-state index is 0. The Morgan fingerprint density at radius 2 is 1.61 bits per heavy atom. The third-order valence-electron chi connectivity index (χ3n) is 9.83. The molecule has 1 saturated carbocycles. The maximum absolute atomic E-state index is 13.7. The predicted molar refractivity (Wildman–Crippen MR) is 198 cm³/mol. The molecule has 7 N–H and O–H groups in total. The second kappa shape index (κ2) is 17.3. The Labute approximate surface area is 304 Å². The molecule has 6 rings (SSSR count). The van der Waals surface area contributed by atoms with Gasteiger partial charge in [-0.05, 0) is 140 Å². The first-order valence-corrected chi connectivity index (χ1v) is 18.8.